The van der Waals surface area contributed by atoms with E-state index >= 15 is 0 Å². The van der Waals surface area contributed by atoms with Crippen molar-refractivity contribution in [1.82, 2.24) is 4.90 Å². The summed E-state index contributed by atoms with van der Waals surface area (Å²) < 4.78 is 17.9. The van der Waals surface area contributed by atoms with Crippen LogP contribution in [0.25, 0.3) is 0 Å². The average Bonchev–Trinajstić information content (AvgIpc) is 2.59. The summed E-state index contributed by atoms with van der Waals surface area (Å²) in [5.74, 6) is 0.755. The van der Waals surface area contributed by atoms with Crippen molar-refractivity contribution in [3.8, 4) is 0 Å². The van der Waals surface area contributed by atoms with Gasteiger partial charge >= 0.3 is 0 Å². The average molecular weight is 418 g/mol. The van der Waals surface area contributed by atoms with E-state index in [2.05, 4.69) is 33.8 Å². The van der Waals surface area contributed by atoms with Crippen molar-refractivity contribution < 1.29 is 29.1 Å². The van der Waals surface area contributed by atoms with Crippen LogP contribution >= 0.6 is 15.9 Å². The number of hydrogen-bond donors (Lipinski definition) is 1. The molecule has 3 atom stereocenters. The van der Waals surface area contributed by atoms with Crippen LogP contribution in [0.5, 0.6) is 0 Å². The van der Waals surface area contributed by atoms with Crippen LogP contribution in [-0.2, 0) is 24.0 Å². The summed E-state index contributed by atoms with van der Waals surface area (Å²) in [5, 5.41) is 8.99. The van der Waals surface area contributed by atoms with Gasteiger partial charge in [-0.2, -0.15) is 0 Å². The number of ether oxygens (including phenoxy) is 3. The Morgan fingerprint density at radius 1 is 1.48 bits per heavy atom. The van der Waals surface area contributed by atoms with Gasteiger partial charge in [0.25, 0.3) is 0 Å². The first-order valence-corrected chi connectivity index (χ1v) is 9.11. The third-order valence-corrected chi connectivity index (χ3v) is 5.30. The molecule has 2 fully saturated rings. The minimum Gasteiger partial charge on any atom is -0.494 e. The molecule has 0 radical (unpaired) electrons. The van der Waals surface area contributed by atoms with Gasteiger partial charge in [0.1, 0.15) is 11.9 Å². The zero-order valence-corrected chi connectivity index (χ0v) is 16.2. The molecule has 0 aromatic carbocycles. The van der Waals surface area contributed by atoms with Crippen LogP contribution in [-0.4, -0.2) is 68.4 Å². The summed E-state index contributed by atoms with van der Waals surface area (Å²) >= 11 is 3.63. The molecule has 1 N–H and O–H groups in total. The molecule has 0 spiro atoms. The number of nitrogens with zero attached hydrogens (tertiary/aromatic N) is 1. The number of halogens is 1. The maximum Gasteiger partial charge on any atom is 0.189 e. The lowest BCUT2D eigenvalue weighted by Crippen LogP contribution is -2.73. The summed E-state index contributed by atoms with van der Waals surface area (Å²) in [6.45, 7) is 3.12. The number of rotatable bonds is 7. The molecule has 7 nitrogen and oxygen atoms in total. The van der Waals surface area contributed by atoms with Crippen LogP contribution in [0.15, 0.2) is 33.8 Å². The number of aliphatic hydroxyl groups is 1. The Hall–Kier alpha value is -0.900. The Kier molecular flexibility index (Phi) is 5.87. The van der Waals surface area contributed by atoms with E-state index in [0.29, 0.717) is 6.54 Å². The highest BCUT2D eigenvalue weighted by Crippen LogP contribution is 2.49. The Morgan fingerprint density at radius 3 is 2.84 bits per heavy atom. The smallest absolute Gasteiger partial charge is 0.189 e. The molecule has 0 amide bonds. The predicted octanol–water partition coefficient (Wildman–Crippen LogP) is 1.84. The first-order valence-electron chi connectivity index (χ1n) is 8.31. The normalized spacial score (nSPS) is 32.9. The van der Waals surface area contributed by atoms with E-state index in [1.807, 2.05) is 6.20 Å². The number of fused-ring (bicyclic) bond motifs is 3. The number of piperidine rings is 1. The van der Waals surface area contributed by atoms with E-state index in [1.54, 1.807) is 14.2 Å². The van der Waals surface area contributed by atoms with E-state index in [0.717, 1.165) is 27.9 Å². The summed E-state index contributed by atoms with van der Waals surface area (Å²) in [6, 6.07) is 0. The quantitative estimate of drug-likeness (QED) is 0.500. The van der Waals surface area contributed by atoms with Gasteiger partial charge < -0.3 is 24.2 Å². The number of hydrogen-bond acceptors (Lipinski definition) is 7. The van der Waals surface area contributed by atoms with Crippen molar-refractivity contribution in [3.05, 3.63) is 33.8 Å². The standard InChI is InChI=1S/C17H24BrNO6/c1-4-5-11-12(18)8-19-9-13(21-2)17(10-23-7-6-20)16(24-25-17)14(19)15(11)22-3/h5,8,13,16,20H,4,6-7,9-10H2,1-3H3/b11-5+. The summed E-state index contributed by atoms with van der Waals surface area (Å²) in [4.78, 5) is 13.1. The highest BCUT2D eigenvalue weighted by molar-refractivity contribution is 9.12. The van der Waals surface area contributed by atoms with E-state index < -0.39 is 5.60 Å². The minimum atomic E-state index is -0.755. The molecule has 3 aliphatic heterocycles. The van der Waals surface area contributed by atoms with Gasteiger partial charge in [0.2, 0.25) is 0 Å². The van der Waals surface area contributed by atoms with E-state index in [-0.39, 0.29) is 32.0 Å². The third-order valence-electron chi connectivity index (χ3n) is 4.67. The maximum absolute atomic E-state index is 8.99. The lowest BCUT2D eigenvalue weighted by Gasteiger charge is -2.57. The second kappa shape index (κ2) is 7.77. The van der Waals surface area contributed by atoms with Gasteiger partial charge in [-0.25, -0.2) is 9.78 Å². The van der Waals surface area contributed by atoms with Gasteiger partial charge in [-0.3, -0.25) is 0 Å². The SMILES string of the molecule is CC/C=C1\C(Br)=CN2CC(OC)C3(COCCO)OOC3C2=C1OC. The molecule has 0 aromatic rings. The van der Waals surface area contributed by atoms with Crippen LogP contribution in [0.4, 0.5) is 0 Å². The number of allylic oxidation sites excluding steroid dienone is 2. The zero-order chi connectivity index (χ0) is 18.0. The second-order valence-electron chi connectivity index (χ2n) is 6.09. The lowest BCUT2D eigenvalue weighted by molar-refractivity contribution is -0.529. The van der Waals surface area contributed by atoms with Gasteiger partial charge in [-0.1, -0.05) is 13.0 Å². The highest BCUT2D eigenvalue weighted by atomic mass is 79.9. The van der Waals surface area contributed by atoms with Crippen molar-refractivity contribution in [2.75, 3.05) is 40.6 Å². The fraction of sp³-hybridized carbons (Fsp3) is 0.647. The minimum absolute atomic E-state index is 0.0452. The van der Waals surface area contributed by atoms with E-state index in [9.17, 15) is 0 Å². The molecule has 8 heteroatoms. The third kappa shape index (κ3) is 3.05. The Labute approximate surface area is 155 Å². The van der Waals surface area contributed by atoms with Crippen LogP contribution in [0, 0.1) is 0 Å². The Balaban J connectivity index is 1.99. The van der Waals surface area contributed by atoms with E-state index in [1.165, 1.54) is 0 Å². The Bertz CT molecular complexity index is 604. The number of aliphatic hydroxyl groups excluding tert-OH is 1. The summed E-state index contributed by atoms with van der Waals surface area (Å²) in [6.07, 6.45) is 4.38. The lowest BCUT2D eigenvalue weighted by atomic mass is 9.81. The topological polar surface area (TPSA) is 69.6 Å². The fourth-order valence-electron chi connectivity index (χ4n) is 3.50. The predicted molar refractivity (Wildman–Crippen MR) is 93.5 cm³/mol. The van der Waals surface area contributed by atoms with Crippen molar-refractivity contribution >= 4 is 15.9 Å². The van der Waals surface area contributed by atoms with Gasteiger partial charge in [0, 0.05) is 23.4 Å². The monoisotopic (exact) mass is 417 g/mol. The molecule has 2 saturated heterocycles. The molecule has 3 rings (SSSR count). The summed E-state index contributed by atoms with van der Waals surface area (Å²) in [5.41, 5.74) is 1.14. The van der Waals surface area contributed by atoms with E-state index in [4.69, 9.17) is 29.1 Å². The molecule has 3 aliphatic rings. The van der Waals surface area contributed by atoms with Crippen LogP contribution < -0.4 is 0 Å². The molecule has 0 saturated carbocycles. The molecule has 0 aromatic heterocycles. The largest absolute Gasteiger partial charge is 0.494 e. The first kappa shape index (κ1) is 18.9. The zero-order valence-electron chi connectivity index (χ0n) is 14.7. The van der Waals surface area contributed by atoms with Crippen LogP contribution in [0.3, 0.4) is 0 Å². The molecule has 3 unspecified atom stereocenters. The van der Waals surface area contributed by atoms with Crippen molar-refractivity contribution in [3.63, 3.8) is 0 Å². The number of methoxy groups -OCH3 is 2. The van der Waals surface area contributed by atoms with Gasteiger partial charge in [0.15, 0.2) is 11.7 Å². The maximum atomic E-state index is 8.99. The fourth-order valence-corrected chi connectivity index (χ4v) is 4.09. The summed E-state index contributed by atoms with van der Waals surface area (Å²) in [7, 11) is 3.30. The van der Waals surface area contributed by atoms with Crippen molar-refractivity contribution in [2.24, 2.45) is 0 Å². The van der Waals surface area contributed by atoms with Crippen LogP contribution in [0.1, 0.15) is 13.3 Å². The molecule has 25 heavy (non-hydrogen) atoms. The molecule has 0 bridgehead atoms. The first-order chi connectivity index (χ1) is 12.1. The van der Waals surface area contributed by atoms with Crippen LogP contribution in [0.2, 0.25) is 0 Å². The molecule has 3 heterocycles. The van der Waals surface area contributed by atoms with Crippen molar-refractivity contribution in [1.29, 1.82) is 0 Å². The van der Waals surface area contributed by atoms with Gasteiger partial charge in [-0.15, -0.1) is 0 Å². The van der Waals surface area contributed by atoms with Gasteiger partial charge in [-0.05, 0) is 22.4 Å². The Morgan fingerprint density at radius 2 is 2.28 bits per heavy atom. The highest BCUT2D eigenvalue weighted by Gasteiger charge is 2.64. The molecule has 140 valence electrons. The van der Waals surface area contributed by atoms with Crippen molar-refractivity contribution in [2.45, 2.75) is 31.2 Å². The molecular weight excluding hydrogens is 394 g/mol. The second-order valence-corrected chi connectivity index (χ2v) is 6.94. The molecule has 0 aliphatic carbocycles. The molecular formula is C17H24BrNO6. The van der Waals surface area contributed by atoms with Gasteiger partial charge in [0.05, 0.1) is 39.2 Å².